The fraction of sp³-hybridized carbons (Fsp3) is 0.111. The van der Waals surface area contributed by atoms with E-state index in [1.54, 1.807) is 7.11 Å². The molecule has 1 nitrogen and oxygen atoms in total. The smallest absolute Gasteiger partial charge is 0.118 e. The first kappa shape index (κ1) is 11.8. The zero-order chi connectivity index (χ0) is 13.2. The molecule has 0 bridgehead atoms. The van der Waals surface area contributed by atoms with Crippen LogP contribution in [-0.4, -0.2) is 7.11 Å². The van der Waals surface area contributed by atoms with Crippen molar-refractivity contribution < 1.29 is 4.74 Å². The van der Waals surface area contributed by atoms with Crippen molar-refractivity contribution in [2.24, 2.45) is 0 Å². The zero-order valence-electron chi connectivity index (χ0n) is 11.2. The van der Waals surface area contributed by atoms with Gasteiger partial charge in [-0.1, -0.05) is 54.1 Å². The average Bonchev–Trinajstić information content (AvgIpc) is 2.46. The monoisotopic (exact) mass is 248 g/mol. The first-order chi connectivity index (χ1) is 9.28. The van der Waals surface area contributed by atoms with E-state index in [9.17, 15) is 0 Å². The van der Waals surface area contributed by atoms with Gasteiger partial charge in [-0.25, -0.2) is 0 Å². The summed E-state index contributed by atoms with van der Waals surface area (Å²) in [6.45, 7) is 2.12. The number of fused-ring (bicyclic) bond motifs is 1. The van der Waals surface area contributed by atoms with Gasteiger partial charge in [-0.05, 0) is 41.0 Å². The zero-order valence-corrected chi connectivity index (χ0v) is 11.2. The number of rotatable bonds is 2. The van der Waals surface area contributed by atoms with Gasteiger partial charge in [-0.15, -0.1) is 0 Å². The minimum absolute atomic E-state index is 0.889. The number of aryl methyl sites for hydroxylation is 1. The Morgan fingerprint density at radius 2 is 1.63 bits per heavy atom. The van der Waals surface area contributed by atoms with Gasteiger partial charge in [-0.2, -0.15) is 0 Å². The second-order valence-electron chi connectivity index (χ2n) is 4.76. The molecule has 3 aromatic carbocycles. The Labute approximate surface area is 113 Å². The van der Waals surface area contributed by atoms with Gasteiger partial charge in [-0.3, -0.25) is 0 Å². The van der Waals surface area contributed by atoms with Crippen LogP contribution in [0.2, 0.25) is 0 Å². The predicted molar refractivity (Wildman–Crippen MR) is 80.7 cm³/mol. The van der Waals surface area contributed by atoms with Crippen LogP contribution in [0.1, 0.15) is 5.56 Å². The highest BCUT2D eigenvalue weighted by molar-refractivity contribution is 5.97. The first-order valence-electron chi connectivity index (χ1n) is 6.42. The molecule has 94 valence electrons. The number of hydrogen-bond acceptors (Lipinski definition) is 1. The van der Waals surface area contributed by atoms with Crippen molar-refractivity contribution >= 4 is 10.8 Å². The summed E-state index contributed by atoms with van der Waals surface area (Å²) >= 11 is 0. The van der Waals surface area contributed by atoms with E-state index in [4.69, 9.17) is 4.74 Å². The first-order valence-corrected chi connectivity index (χ1v) is 6.42. The third-order valence-electron chi connectivity index (χ3n) is 3.44. The molecule has 0 saturated heterocycles. The predicted octanol–water partition coefficient (Wildman–Crippen LogP) is 4.82. The second-order valence-corrected chi connectivity index (χ2v) is 4.76. The lowest BCUT2D eigenvalue weighted by molar-refractivity contribution is 0.415. The molecule has 0 heterocycles. The lowest BCUT2D eigenvalue weighted by Gasteiger charge is -2.08. The molecule has 0 radical (unpaired) electrons. The Morgan fingerprint density at radius 3 is 2.37 bits per heavy atom. The number of methoxy groups -OCH3 is 1. The molecular weight excluding hydrogens is 232 g/mol. The summed E-state index contributed by atoms with van der Waals surface area (Å²) in [5.74, 6) is 0.889. The maximum Gasteiger partial charge on any atom is 0.118 e. The maximum absolute atomic E-state index is 5.21. The van der Waals surface area contributed by atoms with Crippen LogP contribution in [-0.2, 0) is 0 Å². The minimum atomic E-state index is 0.889. The van der Waals surface area contributed by atoms with E-state index in [-0.39, 0.29) is 0 Å². The maximum atomic E-state index is 5.21. The van der Waals surface area contributed by atoms with Crippen molar-refractivity contribution in [3.05, 3.63) is 66.2 Å². The lowest BCUT2D eigenvalue weighted by Crippen LogP contribution is -1.84. The van der Waals surface area contributed by atoms with Gasteiger partial charge in [0.05, 0.1) is 7.11 Å². The highest BCUT2D eigenvalue weighted by atomic mass is 16.5. The third kappa shape index (κ3) is 2.19. The molecule has 3 rings (SSSR count). The summed E-state index contributed by atoms with van der Waals surface area (Å²) in [6, 6.07) is 21.2. The summed E-state index contributed by atoms with van der Waals surface area (Å²) in [6.07, 6.45) is 0. The van der Waals surface area contributed by atoms with Crippen molar-refractivity contribution in [1.82, 2.24) is 0 Å². The Bertz CT molecular complexity index is 711. The summed E-state index contributed by atoms with van der Waals surface area (Å²) in [7, 11) is 1.69. The van der Waals surface area contributed by atoms with E-state index in [1.807, 2.05) is 12.1 Å². The van der Waals surface area contributed by atoms with Gasteiger partial charge in [0.1, 0.15) is 5.75 Å². The lowest BCUT2D eigenvalue weighted by atomic mass is 9.97. The standard InChI is InChI=1S/C18H16O/c1-13-6-11-18-15(12-13)4-3-5-17(18)14-7-9-16(19-2)10-8-14/h3-12H,1-2H3. The van der Waals surface area contributed by atoms with E-state index in [1.165, 1.54) is 27.5 Å². The Morgan fingerprint density at radius 1 is 0.842 bits per heavy atom. The molecule has 0 aromatic heterocycles. The highest BCUT2D eigenvalue weighted by Gasteiger charge is 2.03. The topological polar surface area (TPSA) is 9.23 Å². The molecule has 0 fully saturated rings. The van der Waals surface area contributed by atoms with Gasteiger partial charge in [0.15, 0.2) is 0 Å². The van der Waals surface area contributed by atoms with Gasteiger partial charge in [0.25, 0.3) is 0 Å². The van der Waals surface area contributed by atoms with Crippen LogP contribution in [0.4, 0.5) is 0 Å². The van der Waals surface area contributed by atoms with E-state index < -0.39 is 0 Å². The molecule has 0 amide bonds. The Hall–Kier alpha value is -2.28. The van der Waals surface area contributed by atoms with Crippen LogP contribution in [0.3, 0.4) is 0 Å². The molecule has 0 aliphatic heterocycles. The van der Waals surface area contributed by atoms with Crippen LogP contribution in [0.25, 0.3) is 21.9 Å². The fourth-order valence-electron chi connectivity index (χ4n) is 2.43. The molecule has 0 unspecified atom stereocenters. The van der Waals surface area contributed by atoms with Crippen LogP contribution >= 0.6 is 0 Å². The van der Waals surface area contributed by atoms with Crippen LogP contribution in [0.5, 0.6) is 5.75 Å². The molecule has 0 aliphatic rings. The van der Waals surface area contributed by atoms with Crippen molar-refractivity contribution in [1.29, 1.82) is 0 Å². The van der Waals surface area contributed by atoms with Gasteiger partial charge in [0, 0.05) is 0 Å². The molecule has 0 atom stereocenters. The number of benzene rings is 3. The molecule has 0 N–H and O–H groups in total. The quantitative estimate of drug-likeness (QED) is 0.631. The fourth-order valence-corrected chi connectivity index (χ4v) is 2.43. The van der Waals surface area contributed by atoms with E-state index >= 15 is 0 Å². The number of ether oxygens (including phenoxy) is 1. The largest absolute Gasteiger partial charge is 0.497 e. The molecule has 19 heavy (non-hydrogen) atoms. The van der Waals surface area contributed by atoms with Gasteiger partial charge in [0.2, 0.25) is 0 Å². The van der Waals surface area contributed by atoms with Crippen LogP contribution < -0.4 is 4.74 Å². The highest BCUT2D eigenvalue weighted by Crippen LogP contribution is 2.30. The molecule has 3 aromatic rings. The second kappa shape index (κ2) is 4.77. The Balaban J connectivity index is 2.18. The summed E-state index contributed by atoms with van der Waals surface area (Å²) in [4.78, 5) is 0. The average molecular weight is 248 g/mol. The molecule has 0 spiro atoms. The van der Waals surface area contributed by atoms with Gasteiger partial charge >= 0.3 is 0 Å². The van der Waals surface area contributed by atoms with E-state index in [0.717, 1.165) is 5.75 Å². The number of hydrogen-bond donors (Lipinski definition) is 0. The van der Waals surface area contributed by atoms with E-state index in [0.29, 0.717) is 0 Å². The summed E-state index contributed by atoms with van der Waals surface area (Å²) in [5, 5.41) is 2.58. The molecule has 0 aliphatic carbocycles. The van der Waals surface area contributed by atoms with Crippen molar-refractivity contribution in [2.75, 3.05) is 7.11 Å². The minimum Gasteiger partial charge on any atom is -0.497 e. The normalized spacial score (nSPS) is 10.6. The van der Waals surface area contributed by atoms with Crippen molar-refractivity contribution in [3.8, 4) is 16.9 Å². The molecule has 0 saturated carbocycles. The van der Waals surface area contributed by atoms with Crippen molar-refractivity contribution in [3.63, 3.8) is 0 Å². The van der Waals surface area contributed by atoms with Crippen LogP contribution in [0.15, 0.2) is 60.7 Å². The summed E-state index contributed by atoms with van der Waals surface area (Å²) < 4.78 is 5.21. The Kier molecular flexibility index (Phi) is 2.96. The SMILES string of the molecule is COc1ccc(-c2cccc3cc(C)ccc23)cc1. The van der Waals surface area contributed by atoms with Crippen molar-refractivity contribution in [2.45, 2.75) is 6.92 Å². The van der Waals surface area contributed by atoms with Gasteiger partial charge < -0.3 is 4.74 Å². The summed E-state index contributed by atoms with van der Waals surface area (Å²) in [5.41, 5.74) is 3.77. The third-order valence-corrected chi connectivity index (χ3v) is 3.44. The van der Waals surface area contributed by atoms with Crippen LogP contribution in [0, 0.1) is 6.92 Å². The molecule has 1 heteroatoms. The van der Waals surface area contributed by atoms with E-state index in [2.05, 4.69) is 55.5 Å². The molecular formula is C18H16O.